The van der Waals surface area contributed by atoms with Gasteiger partial charge in [0.1, 0.15) is 5.69 Å². The van der Waals surface area contributed by atoms with Gasteiger partial charge in [-0.05, 0) is 6.92 Å². The Kier molecular flexibility index (Phi) is 5.42. The molecule has 0 atom stereocenters. The van der Waals surface area contributed by atoms with Crippen molar-refractivity contribution in [3.8, 4) is 10.7 Å². The fraction of sp³-hybridized carbons (Fsp3) is 0.375. The van der Waals surface area contributed by atoms with E-state index in [2.05, 4.69) is 20.6 Å². The number of nitrogens with zero attached hydrogens (tertiary/aromatic N) is 4. The van der Waals surface area contributed by atoms with Crippen LogP contribution in [0.2, 0.25) is 5.02 Å². The highest BCUT2D eigenvalue weighted by atomic mass is 35.5. The van der Waals surface area contributed by atoms with Crippen LogP contribution in [0.1, 0.15) is 5.69 Å². The summed E-state index contributed by atoms with van der Waals surface area (Å²) in [4.78, 5) is 0. The maximum atomic E-state index is 8.74. The largest absolute Gasteiger partial charge is 0.394 e. The Balaban J connectivity index is 0.000000347. The Hall–Kier alpha value is -1.27. The minimum absolute atomic E-state index is 0.635. The normalized spacial score (nSPS) is 10.9. The van der Waals surface area contributed by atoms with Crippen molar-refractivity contribution < 1.29 is 17.5 Å². The zero-order chi connectivity index (χ0) is 15.5. The van der Waals surface area contributed by atoms with Crippen LogP contribution in [0, 0.1) is 6.92 Å². The van der Waals surface area contributed by atoms with Crippen LogP contribution in [0.15, 0.2) is 0 Å². The first kappa shape index (κ1) is 16.8. The molecule has 2 heterocycles. The average molecular weight is 342 g/mol. The lowest BCUT2D eigenvalue weighted by atomic mass is 10.4. The Morgan fingerprint density at radius 2 is 1.90 bits per heavy atom. The van der Waals surface area contributed by atoms with Gasteiger partial charge in [-0.3, -0.25) is 13.8 Å². The van der Waals surface area contributed by atoms with E-state index in [0.29, 0.717) is 10.7 Å². The Labute approximate surface area is 124 Å². The van der Waals surface area contributed by atoms with Crippen LogP contribution in [0.5, 0.6) is 0 Å². The van der Waals surface area contributed by atoms with Gasteiger partial charge < -0.3 is 5.32 Å². The first-order chi connectivity index (χ1) is 9.13. The first-order valence-electron chi connectivity index (χ1n) is 5.04. The van der Waals surface area contributed by atoms with Crippen molar-refractivity contribution in [3.05, 3.63) is 10.7 Å². The maximum absolute atomic E-state index is 8.74. The molecule has 0 saturated carbocycles. The summed E-state index contributed by atoms with van der Waals surface area (Å²) in [7, 11) is -1.01. The molecule has 0 fully saturated rings. The molecule has 112 valence electrons. The summed E-state index contributed by atoms with van der Waals surface area (Å²) in [5.74, 6) is 0. The molecular weight excluding hydrogens is 330 g/mol. The van der Waals surface area contributed by atoms with Crippen LogP contribution in [-0.2, 0) is 17.4 Å². The van der Waals surface area contributed by atoms with Gasteiger partial charge in [0.25, 0.3) is 0 Å². The lowest BCUT2D eigenvalue weighted by Crippen LogP contribution is -1.92. The van der Waals surface area contributed by atoms with E-state index in [1.165, 1.54) is 11.3 Å². The van der Waals surface area contributed by atoms with E-state index in [0.717, 1.165) is 15.8 Å². The number of anilines is 1. The van der Waals surface area contributed by atoms with Gasteiger partial charge >= 0.3 is 10.4 Å². The molecule has 20 heavy (non-hydrogen) atoms. The van der Waals surface area contributed by atoms with Gasteiger partial charge in [0.15, 0.2) is 5.01 Å². The fourth-order valence-electron chi connectivity index (χ4n) is 1.14. The predicted molar refractivity (Wildman–Crippen MR) is 75.6 cm³/mol. The molecule has 0 bridgehead atoms. The second-order valence-electron chi connectivity index (χ2n) is 3.48. The number of nitrogens with one attached hydrogen (secondary N) is 1. The van der Waals surface area contributed by atoms with Crippen molar-refractivity contribution in [2.75, 3.05) is 12.4 Å². The molecule has 0 aliphatic rings. The quantitative estimate of drug-likeness (QED) is 0.696. The van der Waals surface area contributed by atoms with Gasteiger partial charge in [-0.25, -0.2) is 0 Å². The molecule has 0 unspecified atom stereocenters. The predicted octanol–water partition coefficient (Wildman–Crippen LogP) is 1.29. The van der Waals surface area contributed by atoms with Crippen LogP contribution in [0.3, 0.4) is 0 Å². The summed E-state index contributed by atoms with van der Waals surface area (Å²) < 4.78 is 33.3. The van der Waals surface area contributed by atoms with Crippen LogP contribution in [0.25, 0.3) is 10.7 Å². The van der Waals surface area contributed by atoms with E-state index in [-0.39, 0.29) is 0 Å². The molecule has 0 aromatic carbocycles. The molecular formula is C8H12ClN5O4S2. The molecule has 0 radical (unpaired) electrons. The van der Waals surface area contributed by atoms with Crippen LogP contribution >= 0.6 is 22.9 Å². The minimum Gasteiger partial charge on any atom is -0.363 e. The third-order valence-corrected chi connectivity index (χ3v) is 3.50. The maximum Gasteiger partial charge on any atom is 0.394 e. The van der Waals surface area contributed by atoms with Crippen molar-refractivity contribution in [1.29, 1.82) is 0 Å². The van der Waals surface area contributed by atoms with E-state index in [9.17, 15) is 0 Å². The summed E-state index contributed by atoms with van der Waals surface area (Å²) in [6.45, 7) is 1.92. The van der Waals surface area contributed by atoms with E-state index in [1.54, 1.807) is 11.7 Å². The van der Waals surface area contributed by atoms with Gasteiger partial charge in [-0.1, -0.05) is 22.9 Å². The topological polar surface area (TPSA) is 130 Å². The van der Waals surface area contributed by atoms with Crippen molar-refractivity contribution in [2.24, 2.45) is 7.05 Å². The van der Waals surface area contributed by atoms with Crippen LogP contribution in [-0.4, -0.2) is 44.5 Å². The lowest BCUT2D eigenvalue weighted by molar-refractivity contribution is 0.381. The second kappa shape index (κ2) is 6.45. The molecule has 0 amide bonds. The fourth-order valence-corrected chi connectivity index (χ4v) is 2.13. The molecule has 12 heteroatoms. The van der Waals surface area contributed by atoms with E-state index < -0.39 is 10.4 Å². The van der Waals surface area contributed by atoms with Crippen LogP contribution < -0.4 is 5.32 Å². The Bertz CT molecular complexity index is 688. The zero-order valence-corrected chi connectivity index (χ0v) is 13.1. The number of hydrogen-bond acceptors (Lipinski definition) is 7. The third kappa shape index (κ3) is 4.68. The molecule has 2 rings (SSSR count). The summed E-state index contributed by atoms with van der Waals surface area (Å²) in [5, 5.41) is 17.3. The number of aromatic nitrogens is 4. The van der Waals surface area contributed by atoms with Gasteiger partial charge in [-0.2, -0.15) is 13.5 Å². The summed E-state index contributed by atoms with van der Waals surface area (Å²) in [6.07, 6.45) is 0. The van der Waals surface area contributed by atoms with Crippen molar-refractivity contribution >= 4 is 38.5 Å². The SMILES string of the molecule is CNc1nnc(-c2nn(C)c(C)c2Cl)s1.O=S(=O)(O)O. The molecule has 0 aliphatic carbocycles. The van der Waals surface area contributed by atoms with Crippen molar-refractivity contribution in [1.82, 2.24) is 20.0 Å². The van der Waals surface area contributed by atoms with Gasteiger partial charge in [0.05, 0.1) is 10.7 Å². The first-order valence-corrected chi connectivity index (χ1v) is 7.63. The van der Waals surface area contributed by atoms with Gasteiger partial charge in [0.2, 0.25) is 5.13 Å². The van der Waals surface area contributed by atoms with Crippen LogP contribution in [0.4, 0.5) is 5.13 Å². The molecule has 2 aromatic rings. The summed E-state index contributed by atoms with van der Waals surface area (Å²) in [6, 6.07) is 0. The monoisotopic (exact) mass is 341 g/mol. The molecule has 9 nitrogen and oxygen atoms in total. The molecule has 0 saturated heterocycles. The van der Waals surface area contributed by atoms with E-state index >= 15 is 0 Å². The molecule has 2 aromatic heterocycles. The summed E-state index contributed by atoms with van der Waals surface area (Å²) in [5.41, 5.74) is 1.61. The third-order valence-electron chi connectivity index (χ3n) is 2.10. The highest BCUT2D eigenvalue weighted by Gasteiger charge is 2.16. The molecule has 3 N–H and O–H groups in total. The van der Waals surface area contributed by atoms with Crippen molar-refractivity contribution in [2.45, 2.75) is 6.92 Å². The minimum atomic E-state index is -4.67. The highest BCUT2D eigenvalue weighted by molar-refractivity contribution is 7.79. The van der Waals surface area contributed by atoms with E-state index in [1.807, 2.05) is 14.0 Å². The zero-order valence-electron chi connectivity index (χ0n) is 10.7. The van der Waals surface area contributed by atoms with Gasteiger partial charge in [-0.15, -0.1) is 10.2 Å². The number of hydrogen-bond donors (Lipinski definition) is 3. The molecule has 0 aliphatic heterocycles. The number of aryl methyl sites for hydroxylation is 1. The number of halogens is 1. The molecule has 0 spiro atoms. The average Bonchev–Trinajstić information content (AvgIpc) is 2.88. The standard InChI is InChI=1S/C8H10ClN5S.H2O4S/c1-4-5(9)6(13-14(4)3)7-11-12-8(10-2)15-7;1-5(2,3)4/h1-3H3,(H,10,12);(H2,1,2,3,4). The smallest absolute Gasteiger partial charge is 0.363 e. The lowest BCUT2D eigenvalue weighted by Gasteiger charge is -1.89. The Morgan fingerprint density at radius 1 is 1.35 bits per heavy atom. The van der Waals surface area contributed by atoms with Crippen molar-refractivity contribution in [3.63, 3.8) is 0 Å². The number of rotatable bonds is 2. The van der Waals surface area contributed by atoms with E-state index in [4.69, 9.17) is 29.1 Å². The Morgan fingerprint density at radius 3 is 2.25 bits per heavy atom. The van der Waals surface area contributed by atoms with Gasteiger partial charge in [0, 0.05) is 14.1 Å². The highest BCUT2D eigenvalue weighted by Crippen LogP contribution is 2.32. The second-order valence-corrected chi connectivity index (χ2v) is 5.73. The summed E-state index contributed by atoms with van der Waals surface area (Å²) >= 11 is 7.56.